The number of hydrogen-bond donors (Lipinski definition) is 1. The van der Waals surface area contributed by atoms with E-state index in [1.54, 1.807) is 0 Å². The number of aromatic nitrogens is 2. The maximum Gasteiger partial charge on any atom is 0.150 e. The molecule has 1 aliphatic carbocycles. The molecule has 0 amide bonds. The fourth-order valence-corrected chi connectivity index (χ4v) is 12.2. The average Bonchev–Trinajstić information content (AvgIpc) is 3.10. The molecule has 2 atom stereocenters. The predicted octanol–water partition coefficient (Wildman–Crippen LogP) is 6.33. The second-order valence-electron chi connectivity index (χ2n) is 11.2. The minimum Gasteiger partial charge on any atom is -0.365 e. The van der Waals surface area contributed by atoms with Crippen LogP contribution in [0.25, 0.3) is 11.0 Å². The van der Waals surface area contributed by atoms with Crippen LogP contribution in [0.3, 0.4) is 0 Å². The SMILES string of the molecule is CC(C)S(C(C)C)(C(C)C)n1ccc2c(N3CC(C)(C)N[C@H]4CCCC[C@@H]43)ccnc21. The van der Waals surface area contributed by atoms with Crippen molar-refractivity contribution >= 4 is 26.9 Å². The molecule has 5 heteroatoms. The van der Waals surface area contributed by atoms with Crippen LogP contribution in [0.4, 0.5) is 5.69 Å². The zero-order chi connectivity index (χ0) is 22.6. The molecule has 0 bridgehead atoms. The molecule has 1 saturated carbocycles. The molecule has 3 heterocycles. The monoisotopic (exact) mass is 444 g/mol. The summed E-state index contributed by atoms with van der Waals surface area (Å²) >= 11 is 0. The minimum atomic E-state index is -1.08. The highest BCUT2D eigenvalue weighted by molar-refractivity contribution is 8.33. The van der Waals surface area contributed by atoms with Crippen molar-refractivity contribution in [1.29, 1.82) is 0 Å². The van der Waals surface area contributed by atoms with Crippen LogP contribution in [-0.4, -0.2) is 48.9 Å². The van der Waals surface area contributed by atoms with Crippen molar-refractivity contribution in [1.82, 2.24) is 14.3 Å². The molecule has 0 unspecified atom stereocenters. The maximum atomic E-state index is 4.99. The number of rotatable bonds is 5. The van der Waals surface area contributed by atoms with Gasteiger partial charge in [0.1, 0.15) is 0 Å². The van der Waals surface area contributed by atoms with Gasteiger partial charge in [-0.15, -0.1) is 0 Å². The molecule has 0 spiro atoms. The molecule has 1 aliphatic heterocycles. The van der Waals surface area contributed by atoms with E-state index in [-0.39, 0.29) is 5.54 Å². The van der Waals surface area contributed by atoms with Gasteiger partial charge in [-0.05, 0) is 38.8 Å². The topological polar surface area (TPSA) is 33.1 Å². The molecule has 1 N–H and O–H groups in total. The summed E-state index contributed by atoms with van der Waals surface area (Å²) in [5.41, 5.74) is 2.70. The van der Waals surface area contributed by atoms with E-state index in [2.05, 4.69) is 94.1 Å². The molecule has 2 fully saturated rings. The van der Waals surface area contributed by atoms with Gasteiger partial charge in [0.05, 0.1) is 0 Å². The van der Waals surface area contributed by atoms with Crippen LogP contribution in [0.15, 0.2) is 24.5 Å². The molecule has 2 aliphatic rings. The normalized spacial score (nSPS) is 24.9. The lowest BCUT2D eigenvalue weighted by atomic mass is 9.83. The Morgan fingerprint density at radius 3 is 2.29 bits per heavy atom. The first-order valence-electron chi connectivity index (χ1n) is 12.4. The van der Waals surface area contributed by atoms with E-state index in [4.69, 9.17) is 4.98 Å². The van der Waals surface area contributed by atoms with E-state index in [1.807, 2.05) is 0 Å². The quantitative estimate of drug-likeness (QED) is 0.585. The summed E-state index contributed by atoms with van der Waals surface area (Å²) in [7, 11) is -1.08. The molecule has 4 nitrogen and oxygen atoms in total. The number of pyridine rings is 1. The van der Waals surface area contributed by atoms with Gasteiger partial charge in [-0.25, -0.2) is 4.98 Å². The average molecular weight is 445 g/mol. The third-order valence-corrected chi connectivity index (χ3v) is 13.2. The van der Waals surface area contributed by atoms with Crippen LogP contribution in [0.2, 0.25) is 0 Å². The van der Waals surface area contributed by atoms with Crippen LogP contribution in [0.1, 0.15) is 81.1 Å². The Labute approximate surface area is 191 Å². The Kier molecular flexibility index (Phi) is 6.15. The molecule has 0 radical (unpaired) electrons. The van der Waals surface area contributed by atoms with Crippen molar-refractivity contribution in [2.24, 2.45) is 0 Å². The molecular formula is C26H44N4S. The van der Waals surface area contributed by atoms with Crippen LogP contribution in [-0.2, 0) is 0 Å². The lowest BCUT2D eigenvalue weighted by Gasteiger charge is -2.53. The lowest BCUT2D eigenvalue weighted by Crippen LogP contribution is -2.67. The van der Waals surface area contributed by atoms with Gasteiger partial charge in [-0.3, -0.25) is 3.97 Å². The summed E-state index contributed by atoms with van der Waals surface area (Å²) in [5, 5.41) is 7.11. The highest BCUT2D eigenvalue weighted by Gasteiger charge is 2.42. The molecular weight excluding hydrogens is 400 g/mol. The van der Waals surface area contributed by atoms with Gasteiger partial charge >= 0.3 is 0 Å². The van der Waals surface area contributed by atoms with Crippen molar-refractivity contribution < 1.29 is 0 Å². The summed E-state index contributed by atoms with van der Waals surface area (Å²) in [6, 6.07) is 5.82. The zero-order valence-electron chi connectivity index (χ0n) is 21.0. The van der Waals surface area contributed by atoms with Crippen molar-refractivity contribution in [3.8, 4) is 0 Å². The molecule has 4 rings (SSSR count). The molecule has 2 aromatic rings. The highest BCUT2D eigenvalue weighted by Crippen LogP contribution is 2.62. The summed E-state index contributed by atoms with van der Waals surface area (Å²) in [4.78, 5) is 7.72. The Morgan fingerprint density at radius 1 is 1.00 bits per heavy atom. The molecule has 174 valence electrons. The predicted molar refractivity (Wildman–Crippen MR) is 139 cm³/mol. The first-order chi connectivity index (χ1) is 14.6. The van der Waals surface area contributed by atoms with Crippen molar-refractivity contribution in [3.05, 3.63) is 24.5 Å². The number of piperazine rings is 1. The van der Waals surface area contributed by atoms with Crippen LogP contribution in [0, 0.1) is 0 Å². The van der Waals surface area contributed by atoms with E-state index in [0.717, 1.165) is 6.54 Å². The van der Waals surface area contributed by atoms with Crippen LogP contribution in [0.5, 0.6) is 0 Å². The first-order valence-corrected chi connectivity index (χ1v) is 14.2. The Balaban J connectivity index is 1.86. The second-order valence-corrected chi connectivity index (χ2v) is 15.9. The highest BCUT2D eigenvalue weighted by atomic mass is 32.3. The molecule has 31 heavy (non-hydrogen) atoms. The fraction of sp³-hybridized carbons (Fsp3) is 0.731. The molecule has 2 aromatic heterocycles. The van der Waals surface area contributed by atoms with Gasteiger partial charge in [-0.2, -0.15) is 10.2 Å². The summed E-state index contributed by atoms with van der Waals surface area (Å²) in [6.45, 7) is 20.3. The van der Waals surface area contributed by atoms with Crippen LogP contribution < -0.4 is 10.2 Å². The van der Waals surface area contributed by atoms with E-state index in [9.17, 15) is 0 Å². The number of nitrogens with zero attached hydrogens (tertiary/aromatic N) is 3. The second kappa shape index (κ2) is 8.30. The lowest BCUT2D eigenvalue weighted by molar-refractivity contribution is 0.199. The first kappa shape index (κ1) is 23.0. The van der Waals surface area contributed by atoms with E-state index in [1.165, 1.54) is 42.4 Å². The van der Waals surface area contributed by atoms with Gasteiger partial charge in [-0.1, -0.05) is 54.4 Å². The molecule has 0 aromatic carbocycles. The van der Waals surface area contributed by atoms with Gasteiger partial charge < -0.3 is 10.2 Å². The maximum absolute atomic E-state index is 4.99. The van der Waals surface area contributed by atoms with Crippen LogP contribution >= 0.6 is 10.2 Å². The van der Waals surface area contributed by atoms with Gasteiger partial charge in [0, 0.05) is 63.4 Å². The van der Waals surface area contributed by atoms with Crippen molar-refractivity contribution in [2.75, 3.05) is 11.4 Å². The largest absolute Gasteiger partial charge is 0.365 e. The Morgan fingerprint density at radius 2 is 1.65 bits per heavy atom. The van der Waals surface area contributed by atoms with E-state index >= 15 is 0 Å². The summed E-state index contributed by atoms with van der Waals surface area (Å²) in [6.07, 6.45) is 9.70. The van der Waals surface area contributed by atoms with E-state index in [0.29, 0.717) is 27.8 Å². The third kappa shape index (κ3) is 3.70. The standard InChI is InChI=1S/C26H44N4S/c1-18(2)31(19(3)4,20(5)6)30-16-14-21-23(13-15-27-25(21)30)29-17-26(7,8)28-22-11-9-10-12-24(22)29/h13-16,18-20,22,24,28H,9-12,17H2,1-8H3/t22-,24-/m0/s1. The van der Waals surface area contributed by atoms with Crippen molar-refractivity contribution in [3.63, 3.8) is 0 Å². The molecule has 1 saturated heterocycles. The zero-order valence-corrected chi connectivity index (χ0v) is 21.8. The van der Waals surface area contributed by atoms with Crippen molar-refractivity contribution in [2.45, 2.75) is 114 Å². The van der Waals surface area contributed by atoms with Gasteiger partial charge in [0.25, 0.3) is 0 Å². The summed E-state index contributed by atoms with van der Waals surface area (Å²) in [5.74, 6) is 0. The Bertz CT molecular complexity index is 891. The van der Waals surface area contributed by atoms with Gasteiger partial charge in [0.15, 0.2) is 5.65 Å². The summed E-state index contributed by atoms with van der Waals surface area (Å²) < 4.78 is 2.61. The number of fused-ring (bicyclic) bond motifs is 2. The smallest absolute Gasteiger partial charge is 0.150 e. The van der Waals surface area contributed by atoms with Gasteiger partial charge in [0.2, 0.25) is 0 Å². The number of anilines is 1. The minimum absolute atomic E-state index is 0.124. The van der Waals surface area contributed by atoms with E-state index < -0.39 is 10.2 Å². The Hall–Kier alpha value is -1.20. The fourth-order valence-electron chi connectivity index (χ4n) is 6.83. The number of nitrogens with one attached hydrogen (secondary N) is 1. The third-order valence-electron chi connectivity index (χ3n) is 7.72. The number of hydrogen-bond acceptors (Lipinski definition) is 3.